The second-order valence-corrected chi connectivity index (χ2v) is 7.37. The van der Waals surface area contributed by atoms with Gasteiger partial charge in [-0.25, -0.2) is 9.78 Å². The average molecular weight is 473 g/mol. The molecule has 6 nitrogen and oxygen atoms in total. The van der Waals surface area contributed by atoms with E-state index in [4.69, 9.17) is 4.42 Å². The minimum Gasteiger partial charge on any atom is -0.408 e. The van der Waals surface area contributed by atoms with Crippen molar-refractivity contribution >= 4 is 33.5 Å². The molecule has 0 spiro atoms. The summed E-state index contributed by atoms with van der Waals surface area (Å²) in [7, 11) is 0. The molecule has 2 heterocycles. The number of alkyl halides is 6. The van der Waals surface area contributed by atoms with E-state index >= 15 is 0 Å². The van der Waals surface area contributed by atoms with E-state index in [9.17, 15) is 35.9 Å². The zero-order valence-corrected chi connectivity index (χ0v) is 16.2. The second kappa shape index (κ2) is 7.51. The largest absolute Gasteiger partial charge is 0.417 e. The maximum Gasteiger partial charge on any atom is 0.417 e. The molecule has 32 heavy (non-hydrogen) atoms. The molecule has 0 aliphatic heterocycles. The number of hydrogen-bond donors (Lipinski definition) is 2. The van der Waals surface area contributed by atoms with Crippen LogP contribution in [0.5, 0.6) is 0 Å². The molecule has 2 aromatic carbocycles. The molecule has 4 rings (SSSR count). The summed E-state index contributed by atoms with van der Waals surface area (Å²) in [6.45, 7) is 0. The Bertz CT molecular complexity index is 1350. The molecule has 13 heteroatoms. The number of halogens is 6. The summed E-state index contributed by atoms with van der Waals surface area (Å²) in [4.78, 5) is 30.2. The third kappa shape index (κ3) is 4.37. The number of benzene rings is 2. The zero-order chi connectivity index (χ0) is 23.3. The minimum absolute atomic E-state index is 0.0447. The Morgan fingerprint density at radius 2 is 1.66 bits per heavy atom. The normalized spacial score (nSPS) is 12.3. The highest BCUT2D eigenvalue weighted by Gasteiger charge is 2.37. The number of nitrogens with zero attached hydrogens (tertiary/aromatic N) is 1. The summed E-state index contributed by atoms with van der Waals surface area (Å²) in [6, 6.07) is 5.27. The number of aromatic nitrogens is 2. The van der Waals surface area contributed by atoms with E-state index < -0.39 is 40.7 Å². The Balaban J connectivity index is 1.62. The monoisotopic (exact) mass is 473 g/mol. The van der Waals surface area contributed by atoms with Crippen LogP contribution >= 0.6 is 11.3 Å². The van der Waals surface area contributed by atoms with E-state index in [0.29, 0.717) is 34.5 Å². The highest BCUT2D eigenvalue weighted by molar-refractivity contribution is 7.14. The number of carbonyl (C=O) groups is 1. The molecule has 0 unspecified atom stereocenters. The van der Waals surface area contributed by atoms with Gasteiger partial charge in [0.1, 0.15) is 0 Å². The minimum atomic E-state index is -5.07. The number of carbonyl (C=O) groups excluding carboxylic acids is 1. The lowest BCUT2D eigenvalue weighted by Crippen LogP contribution is -2.17. The fourth-order valence-corrected chi connectivity index (χ4v) is 3.55. The molecule has 0 bridgehead atoms. The predicted molar refractivity (Wildman–Crippen MR) is 102 cm³/mol. The molecule has 0 saturated carbocycles. The van der Waals surface area contributed by atoms with Crippen molar-refractivity contribution in [2.75, 3.05) is 5.32 Å². The molecule has 1 amide bonds. The van der Waals surface area contributed by atoms with Gasteiger partial charge >= 0.3 is 18.1 Å². The van der Waals surface area contributed by atoms with Gasteiger partial charge in [-0.1, -0.05) is 0 Å². The summed E-state index contributed by atoms with van der Waals surface area (Å²) in [5.41, 5.74) is -2.41. The van der Waals surface area contributed by atoms with Crippen LogP contribution in [0.2, 0.25) is 0 Å². The SMILES string of the molecule is O=C(Nc1nc(-c2ccc3oc(=O)[nH]c3c2)cs1)c1cc(C(F)(F)F)cc(C(F)(F)F)c1. The average Bonchev–Trinajstić information content (AvgIpc) is 3.31. The summed E-state index contributed by atoms with van der Waals surface area (Å²) in [5.74, 6) is -1.83. The number of thiazole rings is 1. The first-order chi connectivity index (χ1) is 14.9. The van der Waals surface area contributed by atoms with Crippen LogP contribution in [0.1, 0.15) is 21.5 Å². The Hall–Kier alpha value is -3.61. The zero-order valence-electron chi connectivity index (χ0n) is 15.4. The van der Waals surface area contributed by atoms with Crippen molar-refractivity contribution in [3.63, 3.8) is 0 Å². The van der Waals surface area contributed by atoms with Gasteiger partial charge in [-0.15, -0.1) is 11.3 Å². The van der Waals surface area contributed by atoms with E-state index in [1.54, 1.807) is 12.1 Å². The number of H-pyrrole nitrogens is 1. The quantitative estimate of drug-likeness (QED) is 0.383. The van der Waals surface area contributed by atoms with Gasteiger partial charge in [0.15, 0.2) is 10.7 Å². The molecule has 2 N–H and O–H groups in total. The van der Waals surface area contributed by atoms with Crippen LogP contribution in [0.3, 0.4) is 0 Å². The van der Waals surface area contributed by atoms with Gasteiger partial charge in [0.25, 0.3) is 5.91 Å². The first-order valence-corrected chi connectivity index (χ1v) is 9.48. The summed E-state index contributed by atoms with van der Waals surface area (Å²) >= 11 is 0.915. The number of anilines is 1. The van der Waals surface area contributed by atoms with Gasteiger partial charge in [0.2, 0.25) is 0 Å². The molecule has 166 valence electrons. The molecule has 0 aliphatic carbocycles. The van der Waals surface area contributed by atoms with Gasteiger partial charge in [-0.05, 0) is 36.4 Å². The van der Waals surface area contributed by atoms with Crippen molar-refractivity contribution in [3.05, 3.63) is 69.0 Å². The van der Waals surface area contributed by atoms with Crippen molar-refractivity contribution < 1.29 is 35.6 Å². The van der Waals surface area contributed by atoms with E-state index in [2.05, 4.69) is 15.3 Å². The van der Waals surface area contributed by atoms with Crippen LogP contribution < -0.4 is 11.1 Å². The van der Waals surface area contributed by atoms with Crippen LogP contribution in [-0.2, 0) is 12.4 Å². The van der Waals surface area contributed by atoms with Crippen LogP contribution in [0.25, 0.3) is 22.4 Å². The van der Waals surface area contributed by atoms with Crippen molar-refractivity contribution in [1.82, 2.24) is 9.97 Å². The van der Waals surface area contributed by atoms with Crippen molar-refractivity contribution in [3.8, 4) is 11.3 Å². The van der Waals surface area contributed by atoms with E-state index in [0.717, 1.165) is 11.3 Å². The Labute approximate surface area is 177 Å². The molecule has 0 atom stereocenters. The lowest BCUT2D eigenvalue weighted by Gasteiger charge is -2.13. The van der Waals surface area contributed by atoms with E-state index in [1.807, 2.05) is 0 Å². The smallest absolute Gasteiger partial charge is 0.408 e. The first-order valence-electron chi connectivity index (χ1n) is 8.60. The predicted octanol–water partition coefficient (Wildman–Crippen LogP) is 5.53. The third-order valence-corrected chi connectivity index (χ3v) is 5.05. The Morgan fingerprint density at radius 3 is 2.28 bits per heavy atom. The highest BCUT2D eigenvalue weighted by atomic mass is 32.1. The molecule has 0 radical (unpaired) electrons. The fraction of sp³-hybridized carbons (Fsp3) is 0.105. The molecular formula is C19H9F6N3O3S. The van der Waals surface area contributed by atoms with Crippen LogP contribution in [-0.4, -0.2) is 15.9 Å². The maximum absolute atomic E-state index is 13.0. The number of aromatic amines is 1. The number of fused-ring (bicyclic) bond motifs is 1. The van der Waals surface area contributed by atoms with Crippen molar-refractivity contribution in [1.29, 1.82) is 0 Å². The van der Waals surface area contributed by atoms with Crippen LogP contribution in [0.15, 0.2) is 51.0 Å². The van der Waals surface area contributed by atoms with E-state index in [1.165, 1.54) is 11.4 Å². The van der Waals surface area contributed by atoms with E-state index in [-0.39, 0.29) is 11.2 Å². The maximum atomic E-state index is 13.0. The van der Waals surface area contributed by atoms with Crippen LogP contribution in [0.4, 0.5) is 31.5 Å². The Morgan fingerprint density at radius 1 is 1.00 bits per heavy atom. The molecule has 0 saturated heterocycles. The molecule has 0 aliphatic rings. The fourth-order valence-electron chi connectivity index (χ4n) is 2.83. The topological polar surface area (TPSA) is 88.0 Å². The number of rotatable bonds is 3. The van der Waals surface area contributed by atoms with Crippen molar-refractivity contribution in [2.24, 2.45) is 0 Å². The summed E-state index contributed by atoms with van der Waals surface area (Å²) < 4.78 is 82.8. The van der Waals surface area contributed by atoms with Gasteiger partial charge in [-0.3, -0.25) is 15.1 Å². The van der Waals surface area contributed by atoms with Crippen molar-refractivity contribution in [2.45, 2.75) is 12.4 Å². The summed E-state index contributed by atoms with van der Waals surface area (Å²) in [6.07, 6.45) is -10.1. The lowest BCUT2D eigenvalue weighted by molar-refractivity contribution is -0.143. The second-order valence-electron chi connectivity index (χ2n) is 6.51. The lowest BCUT2D eigenvalue weighted by atomic mass is 10.0. The number of oxazole rings is 1. The first kappa shape index (κ1) is 21.6. The van der Waals surface area contributed by atoms with Gasteiger partial charge in [-0.2, -0.15) is 26.3 Å². The molecular weight excluding hydrogens is 464 g/mol. The van der Waals surface area contributed by atoms with Crippen LogP contribution in [0, 0.1) is 0 Å². The molecule has 2 aromatic heterocycles. The number of amides is 1. The number of hydrogen-bond acceptors (Lipinski definition) is 5. The molecule has 4 aromatic rings. The third-order valence-electron chi connectivity index (χ3n) is 4.29. The summed E-state index contributed by atoms with van der Waals surface area (Å²) in [5, 5.41) is 3.68. The Kier molecular flexibility index (Phi) is 5.07. The van der Waals surface area contributed by atoms with Gasteiger partial charge in [0.05, 0.1) is 22.3 Å². The highest BCUT2D eigenvalue weighted by Crippen LogP contribution is 2.36. The van der Waals surface area contributed by atoms with Gasteiger partial charge < -0.3 is 4.42 Å². The molecule has 0 fully saturated rings. The van der Waals surface area contributed by atoms with Gasteiger partial charge in [0, 0.05) is 16.5 Å². The standard InChI is InChI=1S/C19H9F6N3O3S/c20-18(21,22)10-3-9(4-11(6-10)19(23,24)25)15(29)28-16-26-13(7-32-16)8-1-2-14-12(5-8)27-17(30)31-14/h1-7H,(H,27,30)(H,26,28,29). The number of nitrogens with one attached hydrogen (secondary N) is 2.